The Morgan fingerprint density at radius 3 is 1.81 bits per heavy atom. The van der Waals surface area contributed by atoms with Gasteiger partial charge in [0.2, 0.25) is 0 Å². The second-order valence-electron chi connectivity index (χ2n) is 4.79. The summed E-state index contributed by atoms with van der Waals surface area (Å²) < 4.78 is 0. The van der Waals surface area contributed by atoms with Crippen molar-refractivity contribution in [1.29, 1.82) is 0 Å². The molecule has 0 amide bonds. The van der Waals surface area contributed by atoms with Crippen molar-refractivity contribution in [3.63, 3.8) is 0 Å². The molecule has 0 heterocycles. The molecule has 0 radical (unpaired) electrons. The van der Waals surface area contributed by atoms with E-state index in [1.54, 1.807) is 12.1 Å². The molecule has 0 aliphatic heterocycles. The van der Waals surface area contributed by atoms with Crippen LogP contribution in [0.3, 0.4) is 0 Å². The Hall–Kier alpha value is -2.87. The van der Waals surface area contributed by atoms with Crippen LogP contribution in [0.2, 0.25) is 0 Å². The molecule has 0 aromatic heterocycles. The number of rotatable bonds is 3. The zero-order valence-corrected chi connectivity index (χ0v) is 11.4. The minimum Gasteiger partial charge on any atom is -0.478 e. The van der Waals surface area contributed by atoms with Gasteiger partial charge in [-0.05, 0) is 28.3 Å². The highest BCUT2D eigenvalue weighted by Gasteiger charge is 2.10. The van der Waals surface area contributed by atoms with E-state index in [1.807, 2.05) is 54.6 Å². The molecule has 2 nitrogen and oxygen atoms in total. The molecule has 2 heteroatoms. The number of aromatic carboxylic acids is 1. The summed E-state index contributed by atoms with van der Waals surface area (Å²) in [6.07, 6.45) is 0. The van der Waals surface area contributed by atoms with E-state index in [9.17, 15) is 9.90 Å². The molecule has 102 valence electrons. The Bertz CT molecular complexity index is 759. The van der Waals surface area contributed by atoms with Crippen molar-refractivity contribution in [1.82, 2.24) is 0 Å². The first-order valence-electron chi connectivity index (χ1n) is 6.74. The Balaban J connectivity index is 2.01. The molecule has 0 aliphatic rings. The third-order valence-electron chi connectivity index (χ3n) is 3.46. The van der Waals surface area contributed by atoms with E-state index in [0.717, 1.165) is 22.3 Å². The first kappa shape index (κ1) is 13.1. The number of carboxylic acid groups (broad SMARTS) is 1. The van der Waals surface area contributed by atoms with Gasteiger partial charge in [0.05, 0.1) is 5.56 Å². The van der Waals surface area contributed by atoms with Crippen LogP contribution in [0.15, 0.2) is 78.9 Å². The fourth-order valence-corrected chi connectivity index (χ4v) is 2.39. The van der Waals surface area contributed by atoms with E-state index in [-0.39, 0.29) is 0 Å². The van der Waals surface area contributed by atoms with Gasteiger partial charge >= 0.3 is 5.97 Å². The standard InChI is InChI=1S/C19H14O2/c20-19(21)18-9-5-4-8-17(18)16-12-10-15(11-13-16)14-6-2-1-3-7-14/h1-13H,(H,20,21). The second-order valence-corrected chi connectivity index (χ2v) is 4.79. The fourth-order valence-electron chi connectivity index (χ4n) is 2.39. The van der Waals surface area contributed by atoms with Gasteiger partial charge in [0.1, 0.15) is 0 Å². The summed E-state index contributed by atoms with van der Waals surface area (Å²) in [6.45, 7) is 0. The van der Waals surface area contributed by atoms with Crippen LogP contribution in [0, 0.1) is 0 Å². The molecule has 1 N–H and O–H groups in total. The van der Waals surface area contributed by atoms with Crippen LogP contribution in [0.4, 0.5) is 0 Å². The first-order chi connectivity index (χ1) is 10.3. The zero-order valence-electron chi connectivity index (χ0n) is 11.4. The molecule has 0 saturated carbocycles. The Morgan fingerprint density at radius 1 is 0.619 bits per heavy atom. The summed E-state index contributed by atoms with van der Waals surface area (Å²) in [5, 5.41) is 9.26. The van der Waals surface area contributed by atoms with Crippen LogP contribution in [0.25, 0.3) is 22.3 Å². The second kappa shape index (κ2) is 5.63. The summed E-state index contributed by atoms with van der Waals surface area (Å²) >= 11 is 0. The lowest BCUT2D eigenvalue weighted by Gasteiger charge is -2.07. The van der Waals surface area contributed by atoms with E-state index in [4.69, 9.17) is 0 Å². The van der Waals surface area contributed by atoms with Crippen LogP contribution < -0.4 is 0 Å². The Morgan fingerprint density at radius 2 is 1.14 bits per heavy atom. The van der Waals surface area contributed by atoms with Crippen LogP contribution in [0.5, 0.6) is 0 Å². The van der Waals surface area contributed by atoms with Gasteiger partial charge in [0, 0.05) is 0 Å². The molecule has 3 aromatic rings. The number of benzene rings is 3. The third kappa shape index (κ3) is 2.70. The molecular formula is C19H14O2. The van der Waals surface area contributed by atoms with Crippen molar-refractivity contribution in [3.05, 3.63) is 84.4 Å². The van der Waals surface area contributed by atoms with E-state index in [0.29, 0.717) is 5.56 Å². The maximum absolute atomic E-state index is 11.3. The van der Waals surface area contributed by atoms with Gasteiger partial charge in [-0.2, -0.15) is 0 Å². The van der Waals surface area contributed by atoms with Gasteiger partial charge in [0.15, 0.2) is 0 Å². The molecule has 0 unspecified atom stereocenters. The van der Waals surface area contributed by atoms with Gasteiger partial charge in [-0.3, -0.25) is 0 Å². The van der Waals surface area contributed by atoms with E-state index in [2.05, 4.69) is 12.1 Å². The van der Waals surface area contributed by atoms with E-state index < -0.39 is 5.97 Å². The average Bonchev–Trinajstić information content (AvgIpc) is 2.56. The maximum Gasteiger partial charge on any atom is 0.336 e. The molecule has 0 aliphatic carbocycles. The summed E-state index contributed by atoms with van der Waals surface area (Å²) in [5.74, 6) is -0.905. The van der Waals surface area contributed by atoms with E-state index in [1.165, 1.54) is 0 Å². The van der Waals surface area contributed by atoms with Crippen LogP contribution >= 0.6 is 0 Å². The topological polar surface area (TPSA) is 37.3 Å². The predicted molar refractivity (Wildman–Crippen MR) is 84.3 cm³/mol. The highest BCUT2D eigenvalue weighted by Crippen LogP contribution is 2.27. The van der Waals surface area contributed by atoms with Crippen molar-refractivity contribution >= 4 is 5.97 Å². The molecule has 3 aromatic carbocycles. The molecular weight excluding hydrogens is 260 g/mol. The lowest BCUT2D eigenvalue weighted by atomic mass is 9.97. The maximum atomic E-state index is 11.3. The van der Waals surface area contributed by atoms with Crippen molar-refractivity contribution in [2.75, 3.05) is 0 Å². The Kier molecular flexibility index (Phi) is 3.52. The molecule has 0 fully saturated rings. The van der Waals surface area contributed by atoms with Crippen LogP contribution in [0.1, 0.15) is 10.4 Å². The van der Waals surface area contributed by atoms with Crippen molar-refractivity contribution in [3.8, 4) is 22.3 Å². The summed E-state index contributed by atoms with van der Waals surface area (Å²) in [6, 6.07) is 25.1. The lowest BCUT2D eigenvalue weighted by molar-refractivity contribution is 0.0697. The smallest absolute Gasteiger partial charge is 0.336 e. The molecule has 3 rings (SSSR count). The third-order valence-corrected chi connectivity index (χ3v) is 3.46. The normalized spacial score (nSPS) is 10.3. The highest BCUT2D eigenvalue weighted by molar-refractivity contribution is 5.96. The molecule has 21 heavy (non-hydrogen) atoms. The highest BCUT2D eigenvalue weighted by atomic mass is 16.4. The van der Waals surface area contributed by atoms with Crippen molar-refractivity contribution in [2.24, 2.45) is 0 Å². The lowest BCUT2D eigenvalue weighted by Crippen LogP contribution is -1.98. The Labute approximate surface area is 123 Å². The molecule has 0 bridgehead atoms. The molecule has 0 atom stereocenters. The van der Waals surface area contributed by atoms with Gasteiger partial charge in [-0.1, -0.05) is 72.8 Å². The van der Waals surface area contributed by atoms with Gasteiger partial charge in [-0.25, -0.2) is 4.79 Å². The van der Waals surface area contributed by atoms with Gasteiger partial charge in [0.25, 0.3) is 0 Å². The monoisotopic (exact) mass is 274 g/mol. The zero-order chi connectivity index (χ0) is 14.7. The first-order valence-corrected chi connectivity index (χ1v) is 6.74. The number of hydrogen-bond donors (Lipinski definition) is 1. The minimum atomic E-state index is -0.905. The fraction of sp³-hybridized carbons (Fsp3) is 0. The number of carboxylic acids is 1. The minimum absolute atomic E-state index is 0.324. The van der Waals surface area contributed by atoms with Gasteiger partial charge < -0.3 is 5.11 Å². The van der Waals surface area contributed by atoms with Crippen molar-refractivity contribution in [2.45, 2.75) is 0 Å². The van der Waals surface area contributed by atoms with Crippen LogP contribution in [-0.2, 0) is 0 Å². The SMILES string of the molecule is O=C(O)c1ccccc1-c1ccc(-c2ccccc2)cc1. The molecule has 0 saturated heterocycles. The van der Waals surface area contributed by atoms with Crippen LogP contribution in [-0.4, -0.2) is 11.1 Å². The van der Waals surface area contributed by atoms with E-state index >= 15 is 0 Å². The average molecular weight is 274 g/mol. The summed E-state index contributed by atoms with van der Waals surface area (Å²) in [5.41, 5.74) is 4.24. The predicted octanol–water partition coefficient (Wildman–Crippen LogP) is 4.72. The largest absolute Gasteiger partial charge is 0.478 e. The van der Waals surface area contributed by atoms with Gasteiger partial charge in [-0.15, -0.1) is 0 Å². The number of carbonyl (C=O) groups is 1. The van der Waals surface area contributed by atoms with Crippen molar-refractivity contribution < 1.29 is 9.90 Å². The summed E-state index contributed by atoms with van der Waals surface area (Å²) in [4.78, 5) is 11.3. The quantitative estimate of drug-likeness (QED) is 0.750. The molecule has 0 spiro atoms. The number of hydrogen-bond acceptors (Lipinski definition) is 1. The summed E-state index contributed by atoms with van der Waals surface area (Å²) in [7, 11) is 0.